The van der Waals surface area contributed by atoms with Gasteiger partial charge in [0, 0.05) is 6.54 Å². The van der Waals surface area contributed by atoms with Crippen molar-refractivity contribution < 1.29 is 4.42 Å². The van der Waals surface area contributed by atoms with E-state index in [0.29, 0.717) is 0 Å². The van der Waals surface area contributed by atoms with Crippen LogP contribution in [0.15, 0.2) is 22.6 Å². The predicted molar refractivity (Wildman–Crippen MR) is 46.4 cm³/mol. The fraction of sp³-hybridized carbons (Fsp3) is 0.333. The lowest BCUT2D eigenvalue weighted by Crippen LogP contribution is -2.03. The molecule has 0 fully saturated rings. The normalized spacial score (nSPS) is 11.1. The van der Waals surface area contributed by atoms with Crippen molar-refractivity contribution in [3.8, 4) is 0 Å². The number of likely N-dealkylation sites (N-methyl/N-ethyl adjacent to an activating group) is 1. The number of aryl methyl sites for hydroxylation is 1. The molecule has 0 saturated heterocycles. The van der Waals surface area contributed by atoms with Gasteiger partial charge < -0.3 is 9.73 Å². The Balaban J connectivity index is 2.50. The Bertz CT molecular complexity index is 237. The molecule has 1 aromatic heterocycles. The first-order chi connectivity index (χ1) is 5.33. The molecule has 0 saturated carbocycles. The molecule has 0 aromatic carbocycles. The van der Waals surface area contributed by atoms with Gasteiger partial charge in [-0.15, -0.1) is 0 Å². The zero-order valence-electron chi connectivity index (χ0n) is 6.92. The van der Waals surface area contributed by atoms with E-state index in [4.69, 9.17) is 4.42 Å². The fourth-order valence-electron chi connectivity index (χ4n) is 0.836. The summed E-state index contributed by atoms with van der Waals surface area (Å²) in [5, 5.41) is 3.02. The van der Waals surface area contributed by atoms with E-state index in [-0.39, 0.29) is 0 Å². The van der Waals surface area contributed by atoms with Crippen LogP contribution in [-0.4, -0.2) is 13.6 Å². The number of hydrogen-bond donors (Lipinski definition) is 1. The van der Waals surface area contributed by atoms with Gasteiger partial charge in [-0.05, 0) is 32.2 Å². The van der Waals surface area contributed by atoms with Crippen LogP contribution in [0.1, 0.15) is 11.5 Å². The number of furan rings is 1. The first-order valence-electron chi connectivity index (χ1n) is 3.70. The van der Waals surface area contributed by atoms with Gasteiger partial charge in [0.1, 0.15) is 11.5 Å². The lowest BCUT2D eigenvalue weighted by atomic mass is 10.4. The van der Waals surface area contributed by atoms with Crippen molar-refractivity contribution in [3.05, 3.63) is 29.7 Å². The average molecular weight is 151 g/mol. The lowest BCUT2D eigenvalue weighted by molar-refractivity contribution is 0.525. The summed E-state index contributed by atoms with van der Waals surface area (Å²) in [4.78, 5) is 0. The van der Waals surface area contributed by atoms with Crippen LogP contribution in [0.2, 0.25) is 0 Å². The minimum atomic E-state index is 0.875. The van der Waals surface area contributed by atoms with Crippen molar-refractivity contribution in [3.63, 3.8) is 0 Å². The molecule has 0 aliphatic carbocycles. The zero-order valence-corrected chi connectivity index (χ0v) is 6.92. The van der Waals surface area contributed by atoms with Gasteiger partial charge in [0.2, 0.25) is 0 Å². The zero-order chi connectivity index (χ0) is 8.10. The second-order valence-electron chi connectivity index (χ2n) is 2.41. The van der Waals surface area contributed by atoms with Crippen LogP contribution in [0, 0.1) is 6.92 Å². The van der Waals surface area contributed by atoms with Crippen molar-refractivity contribution in [1.82, 2.24) is 5.32 Å². The molecule has 1 rings (SSSR count). The van der Waals surface area contributed by atoms with Crippen LogP contribution in [0.3, 0.4) is 0 Å². The summed E-state index contributed by atoms with van der Waals surface area (Å²) in [6.07, 6.45) is 3.99. The molecular weight excluding hydrogens is 138 g/mol. The second-order valence-corrected chi connectivity index (χ2v) is 2.41. The predicted octanol–water partition coefficient (Wildman–Crippen LogP) is 1.82. The average Bonchev–Trinajstić information content (AvgIpc) is 2.37. The number of nitrogens with one attached hydrogen (secondary N) is 1. The first-order valence-corrected chi connectivity index (χ1v) is 3.70. The standard InChI is InChI=1S/C9H13NO/c1-8-5-6-9(11-8)4-3-7-10-2/h3-6,10H,7H2,1-2H3. The first kappa shape index (κ1) is 8.08. The molecule has 11 heavy (non-hydrogen) atoms. The van der Waals surface area contributed by atoms with E-state index < -0.39 is 0 Å². The van der Waals surface area contributed by atoms with Crippen molar-refractivity contribution in [2.45, 2.75) is 6.92 Å². The topological polar surface area (TPSA) is 25.2 Å². The van der Waals surface area contributed by atoms with Crippen LogP contribution in [0.25, 0.3) is 6.08 Å². The highest BCUT2D eigenvalue weighted by Crippen LogP contribution is 2.07. The van der Waals surface area contributed by atoms with Gasteiger partial charge in [-0.2, -0.15) is 0 Å². The van der Waals surface area contributed by atoms with Gasteiger partial charge in [-0.1, -0.05) is 6.08 Å². The lowest BCUT2D eigenvalue weighted by Gasteiger charge is -1.86. The summed E-state index contributed by atoms with van der Waals surface area (Å²) in [5.41, 5.74) is 0. The molecule has 1 heterocycles. The molecule has 1 N–H and O–H groups in total. The minimum Gasteiger partial charge on any atom is -0.462 e. The molecule has 0 amide bonds. The molecule has 2 heteroatoms. The molecule has 0 aliphatic rings. The molecule has 0 bridgehead atoms. The smallest absolute Gasteiger partial charge is 0.126 e. The Morgan fingerprint density at radius 2 is 2.36 bits per heavy atom. The van der Waals surface area contributed by atoms with Gasteiger partial charge in [-0.25, -0.2) is 0 Å². The van der Waals surface area contributed by atoms with E-state index in [1.807, 2.05) is 38.3 Å². The van der Waals surface area contributed by atoms with Crippen LogP contribution in [0.5, 0.6) is 0 Å². The van der Waals surface area contributed by atoms with Gasteiger partial charge in [0.25, 0.3) is 0 Å². The molecule has 0 atom stereocenters. The third-order valence-corrected chi connectivity index (χ3v) is 1.37. The quantitative estimate of drug-likeness (QED) is 0.712. The highest BCUT2D eigenvalue weighted by molar-refractivity contribution is 5.42. The molecule has 60 valence electrons. The Labute approximate surface area is 66.9 Å². The maximum Gasteiger partial charge on any atom is 0.126 e. The molecule has 0 unspecified atom stereocenters. The minimum absolute atomic E-state index is 0.875. The molecule has 0 radical (unpaired) electrons. The molecule has 0 aliphatic heterocycles. The van der Waals surface area contributed by atoms with Crippen LogP contribution in [-0.2, 0) is 0 Å². The van der Waals surface area contributed by atoms with Crippen molar-refractivity contribution in [2.24, 2.45) is 0 Å². The van der Waals surface area contributed by atoms with E-state index in [1.54, 1.807) is 0 Å². The highest BCUT2D eigenvalue weighted by Gasteiger charge is 1.90. The third-order valence-electron chi connectivity index (χ3n) is 1.37. The van der Waals surface area contributed by atoms with Gasteiger partial charge in [0.15, 0.2) is 0 Å². The Hall–Kier alpha value is -1.02. The third kappa shape index (κ3) is 2.60. The highest BCUT2D eigenvalue weighted by atomic mass is 16.3. The summed E-state index contributed by atoms with van der Waals surface area (Å²) < 4.78 is 5.32. The largest absolute Gasteiger partial charge is 0.462 e. The van der Waals surface area contributed by atoms with Crippen LogP contribution in [0.4, 0.5) is 0 Å². The van der Waals surface area contributed by atoms with Crippen LogP contribution >= 0.6 is 0 Å². The summed E-state index contributed by atoms with van der Waals surface area (Å²) in [5.74, 6) is 1.87. The number of hydrogen-bond acceptors (Lipinski definition) is 2. The fourth-order valence-corrected chi connectivity index (χ4v) is 0.836. The monoisotopic (exact) mass is 151 g/mol. The summed E-state index contributed by atoms with van der Waals surface area (Å²) in [6, 6.07) is 3.92. The van der Waals surface area contributed by atoms with E-state index in [1.165, 1.54) is 0 Å². The maximum atomic E-state index is 5.32. The Kier molecular flexibility index (Phi) is 2.93. The van der Waals surface area contributed by atoms with Gasteiger partial charge in [-0.3, -0.25) is 0 Å². The van der Waals surface area contributed by atoms with Crippen molar-refractivity contribution in [1.29, 1.82) is 0 Å². The van der Waals surface area contributed by atoms with E-state index in [9.17, 15) is 0 Å². The van der Waals surface area contributed by atoms with E-state index in [2.05, 4.69) is 5.32 Å². The molecule has 2 nitrogen and oxygen atoms in total. The second kappa shape index (κ2) is 3.98. The molecule has 1 aromatic rings. The van der Waals surface area contributed by atoms with Crippen LogP contribution < -0.4 is 5.32 Å². The number of rotatable bonds is 3. The summed E-state index contributed by atoms with van der Waals surface area (Å²) >= 11 is 0. The van der Waals surface area contributed by atoms with Crippen molar-refractivity contribution >= 4 is 6.08 Å². The summed E-state index contributed by atoms with van der Waals surface area (Å²) in [6.45, 7) is 2.81. The van der Waals surface area contributed by atoms with E-state index >= 15 is 0 Å². The van der Waals surface area contributed by atoms with Crippen molar-refractivity contribution in [2.75, 3.05) is 13.6 Å². The SMILES string of the molecule is CNCC=Cc1ccc(C)o1. The molecule has 0 spiro atoms. The maximum absolute atomic E-state index is 5.32. The molecular formula is C9H13NO. The van der Waals surface area contributed by atoms with Gasteiger partial charge in [0.05, 0.1) is 0 Å². The van der Waals surface area contributed by atoms with E-state index in [0.717, 1.165) is 18.1 Å². The Morgan fingerprint density at radius 3 is 2.91 bits per heavy atom. The Morgan fingerprint density at radius 1 is 1.55 bits per heavy atom. The van der Waals surface area contributed by atoms with Gasteiger partial charge >= 0.3 is 0 Å². The summed E-state index contributed by atoms with van der Waals surface area (Å²) in [7, 11) is 1.91.